The first kappa shape index (κ1) is 23.8. The van der Waals surface area contributed by atoms with Crippen molar-refractivity contribution in [3.8, 4) is 0 Å². The number of amides is 1. The SMILES string of the molecule is CC1CCC(c2ccccc2)S(=O)(=O)N1Cc1cc(F)c(CC(=O)NC2CC(O)C2)cc1F. The van der Waals surface area contributed by atoms with Gasteiger partial charge >= 0.3 is 0 Å². The standard InChI is InChI=1S/C24H28F2N2O4S/c1-15-7-8-23(16-5-3-2-4-6-16)33(31,32)28(15)14-18-10-21(25)17(9-22(18)26)11-24(30)27-19-12-20(29)13-19/h2-6,9-10,15,19-20,23,29H,7-8,11-14H2,1H3,(H,27,30). The molecular weight excluding hydrogens is 450 g/mol. The molecule has 178 valence electrons. The summed E-state index contributed by atoms with van der Waals surface area (Å²) in [4.78, 5) is 12.1. The molecule has 1 amide bonds. The summed E-state index contributed by atoms with van der Waals surface area (Å²) < 4.78 is 57.5. The zero-order valence-electron chi connectivity index (χ0n) is 18.4. The van der Waals surface area contributed by atoms with E-state index in [0.29, 0.717) is 31.2 Å². The van der Waals surface area contributed by atoms with Gasteiger partial charge in [0.1, 0.15) is 16.9 Å². The summed E-state index contributed by atoms with van der Waals surface area (Å²) in [5.41, 5.74) is 0.523. The highest BCUT2D eigenvalue weighted by atomic mass is 32.2. The Labute approximate surface area is 192 Å². The molecule has 6 nitrogen and oxygen atoms in total. The fourth-order valence-electron chi connectivity index (χ4n) is 4.56. The molecule has 0 radical (unpaired) electrons. The Hall–Kier alpha value is -2.36. The summed E-state index contributed by atoms with van der Waals surface area (Å²) in [7, 11) is -3.78. The highest BCUT2D eigenvalue weighted by Gasteiger charge is 2.40. The number of carbonyl (C=O) groups excluding carboxylic acids is 1. The van der Waals surface area contributed by atoms with Gasteiger partial charge in [-0.15, -0.1) is 0 Å². The predicted octanol–water partition coefficient (Wildman–Crippen LogP) is 3.20. The maximum Gasteiger partial charge on any atom is 0.224 e. The number of carbonyl (C=O) groups is 1. The van der Waals surface area contributed by atoms with Crippen molar-refractivity contribution >= 4 is 15.9 Å². The lowest BCUT2D eigenvalue weighted by atomic mass is 9.89. The lowest BCUT2D eigenvalue weighted by Gasteiger charge is -2.37. The van der Waals surface area contributed by atoms with Gasteiger partial charge in [-0.05, 0) is 50.3 Å². The van der Waals surface area contributed by atoms with Crippen molar-refractivity contribution < 1.29 is 27.1 Å². The second kappa shape index (κ2) is 9.48. The molecule has 1 heterocycles. The molecule has 1 aliphatic carbocycles. The Morgan fingerprint density at radius 3 is 2.39 bits per heavy atom. The van der Waals surface area contributed by atoms with Gasteiger partial charge in [-0.1, -0.05) is 30.3 Å². The van der Waals surface area contributed by atoms with E-state index in [4.69, 9.17) is 0 Å². The average Bonchev–Trinajstić information content (AvgIpc) is 2.73. The van der Waals surface area contributed by atoms with Crippen LogP contribution >= 0.6 is 0 Å². The molecule has 2 unspecified atom stereocenters. The van der Waals surface area contributed by atoms with Crippen LogP contribution in [0, 0.1) is 11.6 Å². The van der Waals surface area contributed by atoms with Gasteiger partial charge in [0, 0.05) is 29.8 Å². The molecule has 0 aromatic heterocycles. The highest BCUT2D eigenvalue weighted by molar-refractivity contribution is 7.89. The van der Waals surface area contributed by atoms with Crippen molar-refractivity contribution in [3.63, 3.8) is 0 Å². The molecule has 2 atom stereocenters. The van der Waals surface area contributed by atoms with E-state index in [1.54, 1.807) is 31.2 Å². The first-order valence-electron chi connectivity index (χ1n) is 11.1. The summed E-state index contributed by atoms with van der Waals surface area (Å²) in [6.07, 6.45) is 1.22. The molecule has 1 saturated carbocycles. The summed E-state index contributed by atoms with van der Waals surface area (Å²) in [5, 5.41) is 11.3. The quantitative estimate of drug-likeness (QED) is 0.668. The number of aliphatic hydroxyl groups excluding tert-OH is 1. The van der Waals surface area contributed by atoms with Crippen LogP contribution in [0.2, 0.25) is 0 Å². The Morgan fingerprint density at radius 1 is 1.09 bits per heavy atom. The van der Waals surface area contributed by atoms with Crippen molar-refractivity contribution in [2.75, 3.05) is 0 Å². The highest BCUT2D eigenvalue weighted by Crippen LogP contribution is 2.38. The Bertz CT molecular complexity index is 1120. The summed E-state index contributed by atoms with van der Waals surface area (Å²) >= 11 is 0. The topological polar surface area (TPSA) is 86.7 Å². The molecule has 33 heavy (non-hydrogen) atoms. The minimum atomic E-state index is -3.78. The van der Waals surface area contributed by atoms with Crippen LogP contribution in [0.5, 0.6) is 0 Å². The zero-order valence-corrected chi connectivity index (χ0v) is 19.2. The van der Waals surface area contributed by atoms with Gasteiger partial charge in [-0.3, -0.25) is 4.79 Å². The molecule has 1 saturated heterocycles. The molecular formula is C24H28F2N2O4S. The van der Waals surface area contributed by atoms with Crippen molar-refractivity contribution in [2.45, 2.75) is 69.0 Å². The maximum atomic E-state index is 14.9. The Morgan fingerprint density at radius 2 is 1.73 bits per heavy atom. The van der Waals surface area contributed by atoms with Gasteiger partial charge < -0.3 is 10.4 Å². The van der Waals surface area contributed by atoms with Gasteiger partial charge in [0.05, 0.1) is 12.5 Å². The lowest BCUT2D eigenvalue weighted by Crippen LogP contribution is -2.47. The number of benzene rings is 2. The minimum absolute atomic E-state index is 0.0667. The molecule has 2 aliphatic rings. The van der Waals surface area contributed by atoms with Crippen LogP contribution in [-0.2, 0) is 27.8 Å². The zero-order chi connectivity index (χ0) is 23.8. The molecule has 9 heteroatoms. The van der Waals surface area contributed by atoms with E-state index in [9.17, 15) is 27.1 Å². The van der Waals surface area contributed by atoms with E-state index in [0.717, 1.165) is 12.1 Å². The molecule has 2 fully saturated rings. The molecule has 4 rings (SSSR count). The van der Waals surface area contributed by atoms with E-state index < -0.39 is 38.9 Å². The molecule has 2 aromatic rings. The van der Waals surface area contributed by atoms with Crippen molar-refractivity contribution in [1.29, 1.82) is 0 Å². The summed E-state index contributed by atoms with van der Waals surface area (Å²) in [6.45, 7) is 1.49. The predicted molar refractivity (Wildman–Crippen MR) is 120 cm³/mol. The third kappa shape index (κ3) is 5.10. The minimum Gasteiger partial charge on any atom is -0.393 e. The molecule has 0 bridgehead atoms. The van der Waals surface area contributed by atoms with Crippen LogP contribution < -0.4 is 5.32 Å². The fraction of sp³-hybridized carbons (Fsp3) is 0.458. The average molecular weight is 479 g/mol. The first-order valence-corrected chi connectivity index (χ1v) is 12.6. The van der Waals surface area contributed by atoms with Crippen molar-refractivity contribution in [3.05, 3.63) is 70.8 Å². The first-order chi connectivity index (χ1) is 15.6. The van der Waals surface area contributed by atoms with Gasteiger partial charge in [0.15, 0.2) is 0 Å². The number of halogens is 2. The van der Waals surface area contributed by atoms with Crippen LogP contribution in [0.1, 0.15) is 54.5 Å². The second-order valence-corrected chi connectivity index (χ2v) is 11.1. The van der Waals surface area contributed by atoms with E-state index in [-0.39, 0.29) is 36.2 Å². The monoisotopic (exact) mass is 478 g/mol. The fourth-order valence-corrected chi connectivity index (χ4v) is 6.75. The third-order valence-corrected chi connectivity index (χ3v) is 8.94. The molecule has 1 aliphatic heterocycles. The lowest BCUT2D eigenvalue weighted by molar-refractivity contribution is -0.122. The van der Waals surface area contributed by atoms with E-state index in [2.05, 4.69) is 5.32 Å². The molecule has 2 aromatic carbocycles. The summed E-state index contributed by atoms with van der Waals surface area (Å²) in [5.74, 6) is -1.95. The van der Waals surface area contributed by atoms with Crippen LogP contribution in [0.3, 0.4) is 0 Å². The van der Waals surface area contributed by atoms with Crippen LogP contribution in [0.25, 0.3) is 0 Å². The Kier molecular flexibility index (Phi) is 6.83. The number of nitrogens with one attached hydrogen (secondary N) is 1. The number of aliphatic hydroxyl groups is 1. The van der Waals surface area contributed by atoms with Crippen LogP contribution in [0.15, 0.2) is 42.5 Å². The van der Waals surface area contributed by atoms with Gasteiger partial charge in [0.25, 0.3) is 0 Å². The number of hydrogen-bond donors (Lipinski definition) is 2. The van der Waals surface area contributed by atoms with Gasteiger partial charge in [-0.25, -0.2) is 17.2 Å². The van der Waals surface area contributed by atoms with E-state index in [1.165, 1.54) is 4.31 Å². The van der Waals surface area contributed by atoms with Gasteiger partial charge in [0.2, 0.25) is 15.9 Å². The number of hydrogen-bond acceptors (Lipinski definition) is 4. The molecule has 0 spiro atoms. The second-order valence-electron chi connectivity index (χ2n) is 9.02. The normalized spacial score (nSPS) is 27.0. The number of rotatable bonds is 6. The maximum absolute atomic E-state index is 14.9. The van der Waals surface area contributed by atoms with E-state index in [1.807, 2.05) is 6.07 Å². The van der Waals surface area contributed by atoms with Crippen molar-refractivity contribution in [1.82, 2.24) is 9.62 Å². The largest absolute Gasteiger partial charge is 0.393 e. The smallest absolute Gasteiger partial charge is 0.224 e. The Balaban J connectivity index is 1.50. The van der Waals surface area contributed by atoms with E-state index >= 15 is 0 Å². The van der Waals surface area contributed by atoms with Gasteiger partial charge in [-0.2, -0.15) is 4.31 Å². The van der Waals surface area contributed by atoms with Crippen LogP contribution in [-0.4, -0.2) is 41.9 Å². The third-order valence-electron chi connectivity index (χ3n) is 6.57. The molecule has 2 N–H and O–H groups in total. The van der Waals surface area contributed by atoms with Crippen molar-refractivity contribution in [2.24, 2.45) is 0 Å². The van der Waals surface area contributed by atoms with Crippen LogP contribution in [0.4, 0.5) is 8.78 Å². The summed E-state index contributed by atoms with van der Waals surface area (Å²) in [6, 6.07) is 10.4. The number of nitrogens with zero attached hydrogens (tertiary/aromatic N) is 1. The number of sulfonamides is 1.